The van der Waals surface area contributed by atoms with E-state index in [1.807, 2.05) is 4.90 Å². The molecule has 0 spiro atoms. The fourth-order valence-electron chi connectivity index (χ4n) is 5.68. The minimum absolute atomic E-state index is 0.0951. The second kappa shape index (κ2) is 36.9. The number of unbranched alkanes of at least 4 members (excludes halogenated alkanes) is 24. The van der Waals surface area contributed by atoms with Gasteiger partial charge in [0.1, 0.15) is 0 Å². The highest BCUT2D eigenvalue weighted by atomic mass is 16.6. The van der Waals surface area contributed by atoms with Gasteiger partial charge in [-0.25, -0.2) is 4.79 Å². The van der Waals surface area contributed by atoms with E-state index in [4.69, 9.17) is 4.74 Å². The number of hydrogen-bond donors (Lipinski definition) is 0. The summed E-state index contributed by atoms with van der Waals surface area (Å²) in [5, 5.41) is 0. The molecular formula is C40H77NO2. The minimum atomic E-state index is -0.0951. The van der Waals surface area contributed by atoms with Crippen molar-refractivity contribution in [2.24, 2.45) is 0 Å². The predicted octanol–water partition coefficient (Wildman–Crippen LogP) is 13.9. The Hall–Kier alpha value is -1.25. The van der Waals surface area contributed by atoms with Crippen LogP contribution in [-0.2, 0) is 4.74 Å². The Kier molecular flexibility index (Phi) is 35.9. The number of rotatable bonds is 34. The molecule has 0 N–H and O–H groups in total. The van der Waals surface area contributed by atoms with E-state index in [-0.39, 0.29) is 6.09 Å². The maximum atomic E-state index is 12.6. The molecule has 0 aliphatic carbocycles. The zero-order valence-electron chi connectivity index (χ0n) is 29.7. The van der Waals surface area contributed by atoms with Gasteiger partial charge in [-0.3, -0.25) is 0 Å². The molecule has 254 valence electrons. The molecule has 0 aliphatic rings. The molecule has 0 rings (SSSR count). The van der Waals surface area contributed by atoms with E-state index in [2.05, 4.69) is 45.1 Å². The predicted molar refractivity (Wildman–Crippen MR) is 192 cm³/mol. The average molecular weight is 604 g/mol. The van der Waals surface area contributed by atoms with Gasteiger partial charge in [0.25, 0.3) is 0 Å². The zero-order valence-corrected chi connectivity index (χ0v) is 29.7. The number of ether oxygens (including phenoxy) is 1. The van der Waals surface area contributed by atoms with Crippen molar-refractivity contribution >= 4 is 6.09 Å². The summed E-state index contributed by atoms with van der Waals surface area (Å²) in [4.78, 5) is 14.6. The third-order valence-electron chi connectivity index (χ3n) is 8.57. The van der Waals surface area contributed by atoms with Crippen LogP contribution in [0.3, 0.4) is 0 Å². The van der Waals surface area contributed by atoms with Crippen LogP contribution < -0.4 is 0 Å². The lowest BCUT2D eigenvalue weighted by atomic mass is 10.1. The summed E-state index contributed by atoms with van der Waals surface area (Å²) < 4.78 is 5.49. The molecule has 0 aromatic heterocycles. The van der Waals surface area contributed by atoms with Crippen LogP contribution in [-0.4, -0.2) is 30.7 Å². The Labute approximate surface area is 271 Å². The van der Waals surface area contributed by atoms with Gasteiger partial charge in [0.15, 0.2) is 0 Å². The Balaban J connectivity index is 3.75. The van der Waals surface area contributed by atoms with Crippen LogP contribution >= 0.6 is 0 Å². The van der Waals surface area contributed by atoms with Crippen LogP contribution in [0.1, 0.15) is 207 Å². The smallest absolute Gasteiger partial charge is 0.409 e. The molecule has 0 aromatic carbocycles. The largest absolute Gasteiger partial charge is 0.449 e. The molecule has 0 radical (unpaired) electrons. The van der Waals surface area contributed by atoms with Gasteiger partial charge in [-0.15, -0.1) is 0 Å². The fraction of sp³-hybridized carbons (Fsp3) is 0.875. The number of amides is 1. The summed E-state index contributed by atoms with van der Waals surface area (Å²) in [5.74, 6) is 0. The monoisotopic (exact) mass is 604 g/mol. The Morgan fingerprint density at radius 3 is 1.05 bits per heavy atom. The molecular weight excluding hydrogens is 526 g/mol. The lowest BCUT2D eigenvalue weighted by Crippen LogP contribution is -2.33. The van der Waals surface area contributed by atoms with Gasteiger partial charge in [-0.1, -0.05) is 161 Å². The van der Waals surface area contributed by atoms with Crippen LogP contribution in [0.15, 0.2) is 24.3 Å². The van der Waals surface area contributed by atoms with Crippen molar-refractivity contribution in [3.05, 3.63) is 24.3 Å². The number of carbonyl (C=O) groups is 1. The van der Waals surface area contributed by atoms with Crippen LogP contribution in [0.5, 0.6) is 0 Å². The lowest BCUT2D eigenvalue weighted by Gasteiger charge is -2.22. The summed E-state index contributed by atoms with van der Waals surface area (Å²) >= 11 is 0. The summed E-state index contributed by atoms with van der Waals surface area (Å²) in [6.07, 6.45) is 47.2. The van der Waals surface area contributed by atoms with Crippen molar-refractivity contribution < 1.29 is 9.53 Å². The van der Waals surface area contributed by atoms with Crippen molar-refractivity contribution in [2.45, 2.75) is 207 Å². The minimum Gasteiger partial charge on any atom is -0.449 e. The van der Waals surface area contributed by atoms with Crippen LogP contribution in [0.25, 0.3) is 0 Å². The van der Waals surface area contributed by atoms with E-state index in [1.165, 1.54) is 167 Å². The second-order valence-corrected chi connectivity index (χ2v) is 13.0. The second-order valence-electron chi connectivity index (χ2n) is 13.0. The Morgan fingerprint density at radius 1 is 0.419 bits per heavy atom. The van der Waals surface area contributed by atoms with Crippen molar-refractivity contribution in [1.29, 1.82) is 0 Å². The van der Waals surface area contributed by atoms with Crippen molar-refractivity contribution in [3.8, 4) is 0 Å². The first kappa shape index (κ1) is 41.8. The van der Waals surface area contributed by atoms with Gasteiger partial charge in [-0.05, 0) is 70.6 Å². The SMILES string of the molecule is CCCCCCCC/C=C\CCCCCCCCN(CCCCCCCC/C=C\CCCCCCCC)C(=O)OCCC. The van der Waals surface area contributed by atoms with Gasteiger partial charge in [0, 0.05) is 13.1 Å². The molecule has 3 nitrogen and oxygen atoms in total. The summed E-state index contributed by atoms with van der Waals surface area (Å²) in [7, 11) is 0. The molecule has 0 unspecified atom stereocenters. The maximum Gasteiger partial charge on any atom is 0.409 e. The number of nitrogens with zero attached hydrogens (tertiary/aromatic N) is 1. The van der Waals surface area contributed by atoms with E-state index < -0.39 is 0 Å². The maximum absolute atomic E-state index is 12.6. The van der Waals surface area contributed by atoms with Gasteiger partial charge < -0.3 is 9.64 Å². The van der Waals surface area contributed by atoms with Gasteiger partial charge >= 0.3 is 6.09 Å². The lowest BCUT2D eigenvalue weighted by molar-refractivity contribution is 0.101. The molecule has 0 atom stereocenters. The average Bonchev–Trinajstić information content (AvgIpc) is 3.02. The summed E-state index contributed by atoms with van der Waals surface area (Å²) in [6, 6.07) is 0. The molecule has 0 aliphatic heterocycles. The standard InChI is InChI=1S/C40H77NO2/c1-4-7-9-11-13-15-17-19-21-23-25-27-29-31-33-35-37-41(40(42)43-39-6-3)38-36-34-32-30-28-26-24-22-20-18-16-14-12-10-8-5-2/h19-22H,4-18,23-39H2,1-3H3/b21-19-,22-20-. The molecule has 43 heavy (non-hydrogen) atoms. The Morgan fingerprint density at radius 2 is 0.721 bits per heavy atom. The van der Waals surface area contributed by atoms with Crippen molar-refractivity contribution in [3.63, 3.8) is 0 Å². The molecule has 0 bridgehead atoms. The molecule has 3 heteroatoms. The zero-order chi connectivity index (χ0) is 31.3. The molecule has 0 heterocycles. The van der Waals surface area contributed by atoms with Crippen molar-refractivity contribution in [2.75, 3.05) is 19.7 Å². The van der Waals surface area contributed by atoms with E-state index in [1.54, 1.807) is 0 Å². The topological polar surface area (TPSA) is 29.5 Å². The number of allylic oxidation sites excluding steroid dienone is 4. The first-order chi connectivity index (χ1) is 21.3. The first-order valence-electron chi connectivity index (χ1n) is 19.5. The van der Waals surface area contributed by atoms with Crippen LogP contribution in [0.4, 0.5) is 4.79 Å². The highest BCUT2D eigenvalue weighted by Gasteiger charge is 2.13. The quantitative estimate of drug-likeness (QED) is 0.0541. The molecule has 0 fully saturated rings. The first-order valence-corrected chi connectivity index (χ1v) is 19.5. The van der Waals surface area contributed by atoms with Crippen LogP contribution in [0, 0.1) is 0 Å². The van der Waals surface area contributed by atoms with Crippen LogP contribution in [0.2, 0.25) is 0 Å². The van der Waals surface area contributed by atoms with Gasteiger partial charge in [0.2, 0.25) is 0 Å². The van der Waals surface area contributed by atoms with E-state index in [0.717, 1.165) is 32.4 Å². The summed E-state index contributed by atoms with van der Waals surface area (Å²) in [6.45, 7) is 8.88. The highest BCUT2D eigenvalue weighted by Crippen LogP contribution is 2.13. The fourth-order valence-corrected chi connectivity index (χ4v) is 5.68. The normalized spacial score (nSPS) is 11.7. The van der Waals surface area contributed by atoms with E-state index >= 15 is 0 Å². The van der Waals surface area contributed by atoms with Gasteiger partial charge in [0.05, 0.1) is 6.61 Å². The Bertz CT molecular complexity index is 557. The number of carbonyl (C=O) groups excluding carboxylic acids is 1. The van der Waals surface area contributed by atoms with Crippen molar-refractivity contribution in [1.82, 2.24) is 4.90 Å². The van der Waals surface area contributed by atoms with E-state index in [0.29, 0.717) is 6.61 Å². The molecule has 0 saturated heterocycles. The van der Waals surface area contributed by atoms with E-state index in [9.17, 15) is 4.79 Å². The highest BCUT2D eigenvalue weighted by molar-refractivity contribution is 5.67. The molecule has 0 saturated carbocycles. The molecule has 1 amide bonds. The third kappa shape index (κ3) is 33.5. The molecule has 0 aromatic rings. The van der Waals surface area contributed by atoms with Gasteiger partial charge in [-0.2, -0.15) is 0 Å². The summed E-state index contributed by atoms with van der Waals surface area (Å²) in [5.41, 5.74) is 0. The number of hydrogen-bond acceptors (Lipinski definition) is 2. The third-order valence-corrected chi connectivity index (χ3v) is 8.57.